The Morgan fingerprint density at radius 3 is 2.39 bits per heavy atom. The third-order valence-corrected chi connectivity index (χ3v) is 4.91. The number of benzene rings is 2. The van der Waals surface area contributed by atoms with E-state index in [1.165, 1.54) is 43.2 Å². The highest BCUT2D eigenvalue weighted by Gasteiger charge is 2.42. The molecule has 4 rings (SSSR count). The van der Waals surface area contributed by atoms with Gasteiger partial charge in [-0.05, 0) is 36.4 Å². The van der Waals surface area contributed by atoms with Gasteiger partial charge in [0.25, 0.3) is 5.56 Å². The zero-order chi connectivity index (χ0) is 22.1. The monoisotopic (exact) mass is 424 g/mol. The van der Waals surface area contributed by atoms with Crippen LogP contribution in [0.2, 0.25) is 0 Å². The zero-order valence-corrected chi connectivity index (χ0v) is 16.5. The van der Waals surface area contributed by atoms with Crippen LogP contribution < -0.4 is 10.9 Å². The van der Waals surface area contributed by atoms with Crippen molar-refractivity contribution in [2.45, 2.75) is 12.1 Å². The molecule has 1 N–H and O–H groups in total. The molecule has 1 aromatic heterocycles. The molecule has 2 aromatic carbocycles. The van der Waals surface area contributed by atoms with Crippen LogP contribution in [-0.4, -0.2) is 47.0 Å². The molecule has 1 aliphatic heterocycles. The molecule has 0 radical (unpaired) electrons. The Kier molecular flexibility index (Phi) is 5.20. The van der Waals surface area contributed by atoms with Gasteiger partial charge in [-0.25, -0.2) is 18.7 Å². The van der Waals surface area contributed by atoms with E-state index in [1.54, 1.807) is 24.3 Å². The van der Waals surface area contributed by atoms with E-state index in [0.717, 1.165) is 0 Å². The van der Waals surface area contributed by atoms with Gasteiger partial charge in [0.05, 0.1) is 14.2 Å². The molecule has 0 fully saturated rings. The highest BCUT2D eigenvalue weighted by atomic mass is 19.1. The average Bonchev–Trinajstić information content (AvgIpc) is 2.92. The van der Waals surface area contributed by atoms with Crippen LogP contribution in [0, 0.1) is 5.82 Å². The van der Waals surface area contributed by atoms with Crippen molar-refractivity contribution in [1.82, 2.24) is 14.8 Å². The number of nitrogens with one attached hydrogen (secondary N) is 1. The molecule has 2 atom stereocenters. The summed E-state index contributed by atoms with van der Waals surface area (Å²) in [6.07, 6.45) is 0. The maximum atomic E-state index is 13.3. The van der Waals surface area contributed by atoms with Gasteiger partial charge in [-0.3, -0.25) is 4.79 Å². The Morgan fingerprint density at radius 1 is 1.03 bits per heavy atom. The summed E-state index contributed by atoms with van der Waals surface area (Å²) in [5.41, 5.74) is 0.436. The van der Waals surface area contributed by atoms with Gasteiger partial charge in [0.2, 0.25) is 0 Å². The fourth-order valence-electron chi connectivity index (χ4n) is 3.43. The van der Waals surface area contributed by atoms with Crippen molar-refractivity contribution >= 4 is 17.6 Å². The van der Waals surface area contributed by atoms with Gasteiger partial charge < -0.3 is 14.8 Å². The first-order valence-corrected chi connectivity index (χ1v) is 9.23. The van der Waals surface area contributed by atoms with Crippen molar-refractivity contribution in [3.63, 3.8) is 0 Å². The summed E-state index contributed by atoms with van der Waals surface area (Å²) in [6.45, 7) is 0. The number of ether oxygens (including phenoxy) is 2. The largest absolute Gasteiger partial charge is 0.467 e. The fourth-order valence-corrected chi connectivity index (χ4v) is 3.43. The summed E-state index contributed by atoms with van der Waals surface area (Å²) < 4.78 is 24.3. The van der Waals surface area contributed by atoms with E-state index in [0.29, 0.717) is 16.8 Å². The van der Waals surface area contributed by atoms with Gasteiger partial charge in [-0.2, -0.15) is 10.1 Å². The van der Waals surface area contributed by atoms with Crippen LogP contribution in [0.15, 0.2) is 53.3 Å². The molecule has 3 aromatic rings. The molecular weight excluding hydrogens is 407 g/mol. The quantitative estimate of drug-likeness (QED) is 0.634. The highest BCUT2D eigenvalue weighted by Crippen LogP contribution is 2.34. The number of esters is 2. The van der Waals surface area contributed by atoms with Crippen LogP contribution in [0.5, 0.6) is 0 Å². The molecular formula is C21H17FN4O5. The predicted molar refractivity (Wildman–Crippen MR) is 108 cm³/mol. The lowest BCUT2D eigenvalue weighted by Crippen LogP contribution is -2.44. The van der Waals surface area contributed by atoms with Gasteiger partial charge >= 0.3 is 11.9 Å². The smallest absolute Gasteiger partial charge is 0.333 e. The Balaban J connectivity index is 2.03. The first-order valence-electron chi connectivity index (χ1n) is 9.23. The molecule has 0 spiro atoms. The van der Waals surface area contributed by atoms with E-state index in [4.69, 9.17) is 9.47 Å². The normalized spacial score (nSPS) is 16.9. The van der Waals surface area contributed by atoms with E-state index < -0.39 is 35.4 Å². The minimum atomic E-state index is -1.33. The minimum absolute atomic E-state index is 0.0702. The molecule has 31 heavy (non-hydrogen) atoms. The molecule has 0 aliphatic carbocycles. The molecule has 10 heteroatoms. The van der Waals surface area contributed by atoms with E-state index in [1.807, 2.05) is 0 Å². The lowest BCUT2D eigenvalue weighted by atomic mass is 10.1. The van der Waals surface area contributed by atoms with Crippen LogP contribution in [0.1, 0.15) is 6.04 Å². The summed E-state index contributed by atoms with van der Waals surface area (Å²) in [4.78, 5) is 42.3. The number of fused-ring (bicyclic) bond motifs is 3. The second kappa shape index (κ2) is 7.98. The summed E-state index contributed by atoms with van der Waals surface area (Å²) in [6, 6.07) is 9.37. The number of halogens is 1. The second-order valence-corrected chi connectivity index (χ2v) is 6.70. The molecule has 1 aliphatic rings. The average molecular weight is 424 g/mol. The van der Waals surface area contributed by atoms with E-state index in [2.05, 4.69) is 15.4 Å². The van der Waals surface area contributed by atoms with Gasteiger partial charge in [0, 0.05) is 16.8 Å². The molecule has 0 saturated heterocycles. The molecule has 2 heterocycles. The first kappa shape index (κ1) is 20.2. The number of hydrogen-bond acceptors (Lipinski definition) is 8. The molecule has 9 nitrogen and oxygen atoms in total. The van der Waals surface area contributed by atoms with Crippen LogP contribution in [0.25, 0.3) is 22.6 Å². The first-order chi connectivity index (χ1) is 14.9. The number of hydrogen-bond donors (Lipinski definition) is 1. The second-order valence-electron chi connectivity index (χ2n) is 6.70. The van der Waals surface area contributed by atoms with Crippen LogP contribution in [0.4, 0.5) is 10.1 Å². The summed E-state index contributed by atoms with van der Waals surface area (Å²) in [5.74, 6) is -1.94. The Bertz CT molecular complexity index is 1230. The summed E-state index contributed by atoms with van der Waals surface area (Å²) >= 11 is 0. The maximum absolute atomic E-state index is 13.3. The molecule has 0 amide bonds. The third-order valence-electron chi connectivity index (χ3n) is 4.91. The van der Waals surface area contributed by atoms with Crippen LogP contribution >= 0.6 is 0 Å². The number of carbonyl (C=O) groups excluding carboxylic acids is 2. The van der Waals surface area contributed by atoms with E-state index in [9.17, 15) is 18.8 Å². The fraction of sp³-hybridized carbons (Fsp3) is 0.190. The van der Waals surface area contributed by atoms with Crippen molar-refractivity contribution in [2.24, 2.45) is 0 Å². The Morgan fingerprint density at radius 2 is 1.71 bits per heavy atom. The number of rotatable bonds is 3. The van der Waals surface area contributed by atoms with Crippen molar-refractivity contribution in [1.29, 1.82) is 0 Å². The minimum Gasteiger partial charge on any atom is -0.467 e. The molecule has 0 unspecified atom stereocenters. The topological polar surface area (TPSA) is 112 Å². The molecule has 0 saturated carbocycles. The van der Waals surface area contributed by atoms with Crippen molar-refractivity contribution < 1.29 is 23.5 Å². The zero-order valence-electron chi connectivity index (χ0n) is 16.5. The number of aromatic nitrogens is 3. The third kappa shape index (κ3) is 3.52. The SMILES string of the molecule is COC(=O)[C@@H]1Nc2ccccc2-c2nc(=O)c(-c3ccc(F)cc3)nn2[C@H]1C(=O)OC. The number of anilines is 1. The highest BCUT2D eigenvalue weighted by molar-refractivity contribution is 5.91. The van der Waals surface area contributed by atoms with Crippen molar-refractivity contribution in [2.75, 3.05) is 19.5 Å². The van der Waals surface area contributed by atoms with Gasteiger partial charge in [-0.1, -0.05) is 12.1 Å². The Labute approximate surface area is 175 Å². The number of para-hydroxylation sites is 1. The number of nitrogens with zero attached hydrogens (tertiary/aromatic N) is 3. The number of carbonyl (C=O) groups is 2. The van der Waals surface area contributed by atoms with E-state index in [-0.39, 0.29) is 11.5 Å². The van der Waals surface area contributed by atoms with Crippen molar-refractivity contribution in [3.05, 3.63) is 64.7 Å². The standard InChI is InChI=1S/C21H17FN4O5/c1-30-20(28)16-17(21(29)31-2)26-18(13-5-3-4-6-14(13)23-16)24-19(27)15(25-26)11-7-9-12(22)10-8-11/h3-10,16-17,23H,1-2H3/t16-,17-/m1/s1. The van der Waals surface area contributed by atoms with Gasteiger partial charge in [-0.15, -0.1) is 0 Å². The Hall–Kier alpha value is -4.08. The number of methoxy groups -OCH3 is 2. The predicted octanol–water partition coefficient (Wildman–Crippen LogP) is 1.79. The lowest BCUT2D eigenvalue weighted by molar-refractivity contribution is -0.152. The van der Waals surface area contributed by atoms with Crippen molar-refractivity contribution in [3.8, 4) is 22.6 Å². The van der Waals surface area contributed by atoms with Crippen LogP contribution in [-0.2, 0) is 19.1 Å². The van der Waals surface area contributed by atoms with E-state index >= 15 is 0 Å². The maximum Gasteiger partial charge on any atom is 0.333 e. The molecule has 158 valence electrons. The lowest BCUT2D eigenvalue weighted by Gasteiger charge is -2.24. The summed E-state index contributed by atoms with van der Waals surface area (Å²) in [5, 5.41) is 7.34. The van der Waals surface area contributed by atoms with Crippen LogP contribution in [0.3, 0.4) is 0 Å². The molecule has 0 bridgehead atoms. The van der Waals surface area contributed by atoms with Gasteiger partial charge in [0.1, 0.15) is 5.82 Å². The van der Waals surface area contributed by atoms with Gasteiger partial charge in [0.15, 0.2) is 23.6 Å². The summed E-state index contributed by atoms with van der Waals surface area (Å²) in [7, 11) is 2.36.